The third-order valence-corrected chi connectivity index (χ3v) is 4.92. The summed E-state index contributed by atoms with van der Waals surface area (Å²) in [6.07, 6.45) is 2.38. The molecular weight excluding hydrogens is 405 g/mol. The summed E-state index contributed by atoms with van der Waals surface area (Å²) in [6.45, 7) is 0.369. The van der Waals surface area contributed by atoms with Crippen LogP contribution < -0.4 is 5.32 Å². The first-order valence-corrected chi connectivity index (χ1v) is 10.1. The molecule has 0 saturated carbocycles. The van der Waals surface area contributed by atoms with E-state index in [9.17, 15) is 9.18 Å². The van der Waals surface area contributed by atoms with Gasteiger partial charge in [-0.15, -0.1) is 0 Å². The number of nitrogens with one attached hydrogen (secondary N) is 1. The van der Waals surface area contributed by atoms with Crippen LogP contribution in [0.15, 0.2) is 79.0 Å². The zero-order chi connectivity index (χ0) is 22.3. The van der Waals surface area contributed by atoms with E-state index in [1.807, 2.05) is 30.3 Å². The lowest BCUT2D eigenvalue weighted by molar-refractivity contribution is -0.121. The average molecular weight is 425 g/mol. The quantitative estimate of drug-likeness (QED) is 0.481. The fraction of sp³-hybridized carbons (Fsp3) is 0.120. The Morgan fingerprint density at radius 3 is 2.59 bits per heavy atom. The Bertz CT molecular complexity index is 1260. The van der Waals surface area contributed by atoms with Gasteiger partial charge in [0.15, 0.2) is 0 Å². The Hall–Kier alpha value is -4.31. The molecule has 0 aliphatic carbocycles. The van der Waals surface area contributed by atoms with Crippen LogP contribution in [0.3, 0.4) is 0 Å². The molecule has 6 nitrogen and oxygen atoms in total. The van der Waals surface area contributed by atoms with E-state index in [1.165, 1.54) is 12.1 Å². The third-order valence-electron chi connectivity index (χ3n) is 4.92. The Morgan fingerprint density at radius 1 is 1.03 bits per heavy atom. The van der Waals surface area contributed by atoms with Crippen LogP contribution >= 0.6 is 0 Å². The van der Waals surface area contributed by atoms with Crippen molar-refractivity contribution in [2.75, 3.05) is 0 Å². The van der Waals surface area contributed by atoms with Gasteiger partial charge in [-0.3, -0.25) is 9.78 Å². The van der Waals surface area contributed by atoms with E-state index in [0.717, 1.165) is 11.4 Å². The average Bonchev–Trinajstić information content (AvgIpc) is 3.26. The van der Waals surface area contributed by atoms with E-state index in [2.05, 4.69) is 21.5 Å². The molecule has 4 aromatic rings. The number of pyridine rings is 1. The minimum Gasteiger partial charge on any atom is -0.350 e. The van der Waals surface area contributed by atoms with Gasteiger partial charge in [0.1, 0.15) is 5.82 Å². The standard InChI is InChI=1S/C25H20FN5O/c26-20-5-3-4-19(14-20)24-15-21(30-31(24)23-10-7-18(16-27)8-11-23)9-12-25(32)29-17-22-6-1-2-13-28-22/h1-8,10-11,13-15H,9,12,17H2,(H,29,32). The molecule has 0 atom stereocenters. The van der Waals surface area contributed by atoms with E-state index in [0.29, 0.717) is 35.5 Å². The topological polar surface area (TPSA) is 83.6 Å². The van der Waals surface area contributed by atoms with Gasteiger partial charge in [-0.05, 0) is 54.6 Å². The number of carbonyl (C=O) groups excluding carboxylic acids is 1. The highest BCUT2D eigenvalue weighted by Gasteiger charge is 2.14. The van der Waals surface area contributed by atoms with Gasteiger partial charge < -0.3 is 5.32 Å². The van der Waals surface area contributed by atoms with Crippen molar-refractivity contribution in [3.63, 3.8) is 0 Å². The second kappa shape index (κ2) is 9.67. The summed E-state index contributed by atoms with van der Waals surface area (Å²) in [4.78, 5) is 16.5. The number of nitrogens with zero attached hydrogens (tertiary/aromatic N) is 4. The molecule has 0 fully saturated rings. The molecular formula is C25H20FN5O. The lowest BCUT2D eigenvalue weighted by Crippen LogP contribution is -2.23. The number of aromatic nitrogens is 3. The summed E-state index contributed by atoms with van der Waals surface area (Å²) < 4.78 is 15.6. The van der Waals surface area contributed by atoms with E-state index in [-0.39, 0.29) is 18.1 Å². The van der Waals surface area contributed by atoms with Crippen LogP contribution in [-0.4, -0.2) is 20.7 Å². The molecule has 0 aliphatic heterocycles. The maximum atomic E-state index is 13.8. The van der Waals surface area contributed by atoms with Crippen molar-refractivity contribution in [3.05, 3.63) is 102 Å². The van der Waals surface area contributed by atoms with Gasteiger partial charge in [-0.1, -0.05) is 18.2 Å². The number of amides is 1. The van der Waals surface area contributed by atoms with Crippen molar-refractivity contribution in [1.82, 2.24) is 20.1 Å². The highest BCUT2D eigenvalue weighted by molar-refractivity contribution is 5.76. The van der Waals surface area contributed by atoms with Crippen LogP contribution in [0, 0.1) is 17.1 Å². The van der Waals surface area contributed by atoms with Crippen molar-refractivity contribution in [2.45, 2.75) is 19.4 Å². The normalized spacial score (nSPS) is 10.5. The smallest absolute Gasteiger partial charge is 0.220 e. The minimum atomic E-state index is -0.342. The van der Waals surface area contributed by atoms with Crippen molar-refractivity contribution < 1.29 is 9.18 Å². The summed E-state index contributed by atoms with van der Waals surface area (Å²) in [5.74, 6) is -0.443. The highest BCUT2D eigenvalue weighted by atomic mass is 19.1. The molecule has 0 spiro atoms. The molecule has 0 bridgehead atoms. The number of rotatable bonds is 7. The van der Waals surface area contributed by atoms with Gasteiger partial charge in [0, 0.05) is 24.6 Å². The predicted molar refractivity (Wildman–Crippen MR) is 118 cm³/mol. The first-order chi connectivity index (χ1) is 15.6. The van der Waals surface area contributed by atoms with Crippen LogP contribution in [0.2, 0.25) is 0 Å². The molecule has 0 aliphatic rings. The Morgan fingerprint density at radius 2 is 1.88 bits per heavy atom. The molecule has 2 aromatic carbocycles. The second-order valence-corrected chi connectivity index (χ2v) is 7.20. The molecule has 0 unspecified atom stereocenters. The number of halogens is 1. The SMILES string of the molecule is N#Cc1ccc(-n2nc(CCC(=O)NCc3ccccn3)cc2-c2cccc(F)c2)cc1. The van der Waals surface area contributed by atoms with Crippen molar-refractivity contribution in [1.29, 1.82) is 5.26 Å². The van der Waals surface area contributed by atoms with Gasteiger partial charge in [-0.2, -0.15) is 10.4 Å². The first kappa shape index (κ1) is 20.9. The Balaban J connectivity index is 1.53. The fourth-order valence-electron chi connectivity index (χ4n) is 3.30. The summed E-state index contributed by atoms with van der Waals surface area (Å²) in [6, 6.07) is 22.8. The van der Waals surface area contributed by atoms with Crippen molar-refractivity contribution in [3.8, 4) is 23.0 Å². The molecule has 158 valence electrons. The number of hydrogen-bond donors (Lipinski definition) is 1. The van der Waals surface area contributed by atoms with Gasteiger partial charge in [0.25, 0.3) is 0 Å². The van der Waals surface area contributed by atoms with Crippen molar-refractivity contribution in [2.24, 2.45) is 0 Å². The summed E-state index contributed by atoms with van der Waals surface area (Å²) >= 11 is 0. The van der Waals surface area contributed by atoms with E-state index >= 15 is 0 Å². The maximum absolute atomic E-state index is 13.8. The van der Waals surface area contributed by atoms with Crippen LogP contribution in [-0.2, 0) is 17.8 Å². The van der Waals surface area contributed by atoms with Gasteiger partial charge in [-0.25, -0.2) is 9.07 Å². The summed E-state index contributed by atoms with van der Waals surface area (Å²) in [7, 11) is 0. The molecule has 0 saturated heterocycles. The van der Waals surface area contributed by atoms with E-state index < -0.39 is 0 Å². The maximum Gasteiger partial charge on any atom is 0.220 e. The predicted octanol–water partition coefficient (Wildman–Crippen LogP) is 4.19. The molecule has 2 aromatic heterocycles. The lowest BCUT2D eigenvalue weighted by atomic mass is 10.1. The number of hydrogen-bond acceptors (Lipinski definition) is 4. The number of carbonyl (C=O) groups is 1. The molecule has 32 heavy (non-hydrogen) atoms. The zero-order valence-electron chi connectivity index (χ0n) is 17.2. The van der Waals surface area contributed by atoms with Crippen molar-refractivity contribution >= 4 is 5.91 Å². The van der Waals surface area contributed by atoms with Crippen LogP contribution in [0.1, 0.15) is 23.4 Å². The lowest BCUT2D eigenvalue weighted by Gasteiger charge is -2.08. The number of nitriles is 1. The molecule has 1 N–H and O–H groups in total. The molecule has 1 amide bonds. The Labute approximate surface area is 185 Å². The minimum absolute atomic E-state index is 0.101. The monoisotopic (exact) mass is 425 g/mol. The van der Waals surface area contributed by atoms with E-state index in [4.69, 9.17) is 5.26 Å². The molecule has 2 heterocycles. The van der Waals surface area contributed by atoms with Gasteiger partial charge in [0.2, 0.25) is 5.91 Å². The Kier molecular flexibility index (Phi) is 6.33. The fourth-order valence-corrected chi connectivity index (χ4v) is 3.30. The molecule has 4 rings (SSSR count). The van der Waals surface area contributed by atoms with Gasteiger partial charge in [0.05, 0.1) is 40.9 Å². The third kappa shape index (κ3) is 5.05. The second-order valence-electron chi connectivity index (χ2n) is 7.20. The first-order valence-electron chi connectivity index (χ1n) is 10.1. The largest absolute Gasteiger partial charge is 0.350 e. The summed E-state index contributed by atoms with van der Waals surface area (Å²) in [5, 5.41) is 16.6. The zero-order valence-corrected chi connectivity index (χ0v) is 17.2. The van der Waals surface area contributed by atoms with Crippen LogP contribution in [0.25, 0.3) is 16.9 Å². The number of aryl methyl sites for hydroxylation is 1. The van der Waals surface area contributed by atoms with Crippen LogP contribution in [0.4, 0.5) is 4.39 Å². The number of benzene rings is 2. The van der Waals surface area contributed by atoms with E-state index in [1.54, 1.807) is 41.2 Å². The molecule has 0 radical (unpaired) electrons. The molecule has 7 heteroatoms. The van der Waals surface area contributed by atoms with Gasteiger partial charge >= 0.3 is 0 Å². The summed E-state index contributed by atoms with van der Waals surface area (Å²) in [5.41, 5.74) is 4.17. The van der Waals surface area contributed by atoms with Crippen LogP contribution in [0.5, 0.6) is 0 Å². The highest BCUT2D eigenvalue weighted by Crippen LogP contribution is 2.25.